The molecule has 0 aliphatic rings. The minimum absolute atomic E-state index is 0.637. The molecule has 6 heteroatoms. The standard InChI is InChI=1S/C48H32N6/c1-5-13-37(14-6-1)43-49-44(38-15-7-2-8-16-38)52-47(51-43)41-29-25-35(26-30-41)33-21-23-34(24-22-33)36-27-31-42(32-28-36)48-53-45(39-17-9-3-10-18-39)50-46(54-48)40-19-11-4-12-20-40/h1-32H. The van der Waals surface area contributed by atoms with Gasteiger partial charge in [0.05, 0.1) is 0 Å². The van der Waals surface area contributed by atoms with Crippen molar-refractivity contribution in [3.8, 4) is 90.6 Å². The Labute approximate surface area is 313 Å². The Morgan fingerprint density at radius 1 is 0.148 bits per heavy atom. The highest BCUT2D eigenvalue weighted by Crippen LogP contribution is 2.31. The van der Waals surface area contributed by atoms with Gasteiger partial charge in [-0.05, 0) is 22.3 Å². The van der Waals surface area contributed by atoms with Crippen LogP contribution >= 0.6 is 0 Å². The molecule has 0 radical (unpaired) electrons. The fourth-order valence-corrected chi connectivity index (χ4v) is 6.35. The first kappa shape index (κ1) is 32.5. The molecule has 7 aromatic carbocycles. The molecule has 0 unspecified atom stereocenters. The van der Waals surface area contributed by atoms with E-state index in [0.717, 1.165) is 55.6 Å². The lowest BCUT2D eigenvalue weighted by Crippen LogP contribution is -2.00. The van der Waals surface area contributed by atoms with Gasteiger partial charge in [-0.1, -0.05) is 194 Å². The van der Waals surface area contributed by atoms with E-state index in [1.807, 2.05) is 121 Å². The van der Waals surface area contributed by atoms with E-state index in [2.05, 4.69) is 72.8 Å². The zero-order chi connectivity index (χ0) is 36.1. The molecular formula is C48H32N6. The van der Waals surface area contributed by atoms with Crippen molar-refractivity contribution in [2.24, 2.45) is 0 Å². The normalized spacial score (nSPS) is 11.0. The van der Waals surface area contributed by atoms with Gasteiger partial charge in [-0.15, -0.1) is 0 Å². The van der Waals surface area contributed by atoms with Crippen LogP contribution in [-0.4, -0.2) is 29.9 Å². The SMILES string of the molecule is c1ccc(-c2nc(-c3ccccc3)nc(-c3ccc(-c4ccc(-c5ccc(-c6nc(-c7ccccc7)nc(-c7ccccc7)n6)cc5)cc4)cc3)n2)cc1. The quantitative estimate of drug-likeness (QED) is 0.158. The third kappa shape index (κ3) is 6.92. The molecule has 54 heavy (non-hydrogen) atoms. The van der Waals surface area contributed by atoms with E-state index >= 15 is 0 Å². The van der Waals surface area contributed by atoms with Gasteiger partial charge >= 0.3 is 0 Å². The van der Waals surface area contributed by atoms with Crippen molar-refractivity contribution in [1.82, 2.24) is 29.9 Å². The van der Waals surface area contributed by atoms with Crippen LogP contribution < -0.4 is 0 Å². The fraction of sp³-hybridized carbons (Fsp3) is 0. The average molecular weight is 693 g/mol. The topological polar surface area (TPSA) is 77.3 Å². The van der Waals surface area contributed by atoms with E-state index < -0.39 is 0 Å². The molecule has 6 nitrogen and oxygen atoms in total. The minimum Gasteiger partial charge on any atom is -0.208 e. The third-order valence-electron chi connectivity index (χ3n) is 9.24. The highest BCUT2D eigenvalue weighted by atomic mass is 15.0. The van der Waals surface area contributed by atoms with Gasteiger partial charge in [0.15, 0.2) is 34.9 Å². The number of benzene rings is 7. The van der Waals surface area contributed by atoms with Crippen molar-refractivity contribution in [2.75, 3.05) is 0 Å². The monoisotopic (exact) mass is 692 g/mol. The van der Waals surface area contributed by atoms with Gasteiger partial charge in [-0.2, -0.15) is 0 Å². The van der Waals surface area contributed by atoms with Gasteiger partial charge in [0.2, 0.25) is 0 Å². The molecule has 0 atom stereocenters. The molecule has 0 aliphatic heterocycles. The summed E-state index contributed by atoms with van der Waals surface area (Å²) >= 11 is 0. The predicted molar refractivity (Wildman–Crippen MR) is 217 cm³/mol. The van der Waals surface area contributed by atoms with Gasteiger partial charge < -0.3 is 0 Å². The summed E-state index contributed by atoms with van der Waals surface area (Å²) in [5, 5.41) is 0. The van der Waals surface area contributed by atoms with Crippen LogP contribution in [0, 0.1) is 0 Å². The second-order valence-corrected chi connectivity index (χ2v) is 12.8. The Morgan fingerprint density at radius 2 is 0.296 bits per heavy atom. The average Bonchev–Trinajstić information content (AvgIpc) is 3.27. The van der Waals surface area contributed by atoms with Gasteiger partial charge in [-0.3, -0.25) is 0 Å². The zero-order valence-electron chi connectivity index (χ0n) is 29.2. The first-order valence-electron chi connectivity index (χ1n) is 17.8. The molecule has 2 aromatic heterocycles. The highest BCUT2D eigenvalue weighted by Gasteiger charge is 2.14. The molecule has 0 bridgehead atoms. The summed E-state index contributed by atoms with van der Waals surface area (Å²) in [6.45, 7) is 0. The van der Waals surface area contributed by atoms with Crippen LogP contribution in [0.3, 0.4) is 0 Å². The van der Waals surface area contributed by atoms with E-state index in [-0.39, 0.29) is 0 Å². The maximum Gasteiger partial charge on any atom is 0.164 e. The van der Waals surface area contributed by atoms with Crippen LogP contribution in [0.1, 0.15) is 0 Å². The molecule has 0 fully saturated rings. The molecule has 254 valence electrons. The molecule has 0 saturated heterocycles. The molecular weight excluding hydrogens is 661 g/mol. The van der Waals surface area contributed by atoms with E-state index in [1.165, 1.54) is 0 Å². The number of nitrogens with zero attached hydrogens (tertiary/aromatic N) is 6. The third-order valence-corrected chi connectivity index (χ3v) is 9.24. The number of rotatable bonds is 8. The van der Waals surface area contributed by atoms with Gasteiger partial charge in [0.1, 0.15) is 0 Å². The van der Waals surface area contributed by atoms with Crippen molar-refractivity contribution in [3.63, 3.8) is 0 Å². The van der Waals surface area contributed by atoms with Gasteiger partial charge in [-0.25, -0.2) is 29.9 Å². The summed E-state index contributed by atoms with van der Waals surface area (Å²) in [6, 6.07) is 65.5. The number of aromatic nitrogens is 6. The summed E-state index contributed by atoms with van der Waals surface area (Å²) in [5.41, 5.74) is 10.1. The van der Waals surface area contributed by atoms with Crippen LogP contribution in [0.5, 0.6) is 0 Å². The van der Waals surface area contributed by atoms with Gasteiger partial charge in [0.25, 0.3) is 0 Å². The molecule has 0 N–H and O–H groups in total. The maximum atomic E-state index is 4.88. The molecule has 0 aliphatic carbocycles. The summed E-state index contributed by atoms with van der Waals surface area (Å²) in [7, 11) is 0. The highest BCUT2D eigenvalue weighted by molar-refractivity contribution is 5.75. The number of hydrogen-bond donors (Lipinski definition) is 0. The number of hydrogen-bond acceptors (Lipinski definition) is 6. The second-order valence-electron chi connectivity index (χ2n) is 12.8. The molecule has 0 spiro atoms. The first-order valence-corrected chi connectivity index (χ1v) is 17.8. The Kier molecular flexibility index (Phi) is 8.81. The predicted octanol–water partition coefficient (Wildman–Crippen LogP) is 11.4. The fourth-order valence-electron chi connectivity index (χ4n) is 6.35. The molecule has 0 amide bonds. The van der Waals surface area contributed by atoms with E-state index in [9.17, 15) is 0 Å². The lowest BCUT2D eigenvalue weighted by Gasteiger charge is -2.10. The Balaban J connectivity index is 0.968. The largest absolute Gasteiger partial charge is 0.208 e. The lowest BCUT2D eigenvalue weighted by molar-refractivity contribution is 1.07. The Hall–Kier alpha value is -7.44. The van der Waals surface area contributed by atoms with Crippen molar-refractivity contribution in [1.29, 1.82) is 0 Å². The molecule has 9 rings (SSSR count). The summed E-state index contributed by atoms with van der Waals surface area (Å²) in [5.74, 6) is 3.86. The second kappa shape index (κ2) is 14.7. The summed E-state index contributed by atoms with van der Waals surface area (Å²) < 4.78 is 0. The summed E-state index contributed by atoms with van der Waals surface area (Å²) in [6.07, 6.45) is 0. The van der Waals surface area contributed by atoms with E-state index in [4.69, 9.17) is 29.9 Å². The van der Waals surface area contributed by atoms with Crippen molar-refractivity contribution >= 4 is 0 Å². The minimum atomic E-state index is 0.637. The van der Waals surface area contributed by atoms with Crippen LogP contribution in [0.15, 0.2) is 194 Å². The Bertz CT molecular complexity index is 2340. The molecule has 2 heterocycles. The van der Waals surface area contributed by atoms with Crippen LogP contribution in [-0.2, 0) is 0 Å². The first-order chi connectivity index (χ1) is 26.7. The van der Waals surface area contributed by atoms with Crippen molar-refractivity contribution in [2.45, 2.75) is 0 Å². The summed E-state index contributed by atoms with van der Waals surface area (Å²) in [4.78, 5) is 29.1. The molecule has 9 aromatic rings. The van der Waals surface area contributed by atoms with Crippen LogP contribution in [0.4, 0.5) is 0 Å². The Morgan fingerprint density at radius 3 is 0.481 bits per heavy atom. The maximum absolute atomic E-state index is 4.88. The van der Waals surface area contributed by atoms with E-state index in [0.29, 0.717) is 34.9 Å². The zero-order valence-corrected chi connectivity index (χ0v) is 29.2. The lowest BCUT2D eigenvalue weighted by atomic mass is 9.99. The van der Waals surface area contributed by atoms with Crippen molar-refractivity contribution in [3.05, 3.63) is 194 Å². The van der Waals surface area contributed by atoms with Crippen LogP contribution in [0.25, 0.3) is 90.6 Å². The smallest absolute Gasteiger partial charge is 0.164 e. The van der Waals surface area contributed by atoms with E-state index in [1.54, 1.807) is 0 Å². The van der Waals surface area contributed by atoms with Crippen molar-refractivity contribution < 1.29 is 0 Å². The van der Waals surface area contributed by atoms with Crippen LogP contribution in [0.2, 0.25) is 0 Å². The molecule has 0 saturated carbocycles. The van der Waals surface area contributed by atoms with Gasteiger partial charge in [0, 0.05) is 33.4 Å².